The van der Waals surface area contributed by atoms with Crippen molar-refractivity contribution < 1.29 is 8.42 Å². The van der Waals surface area contributed by atoms with Gasteiger partial charge >= 0.3 is 0 Å². The molecule has 0 atom stereocenters. The Morgan fingerprint density at radius 2 is 1.83 bits per heavy atom. The third kappa shape index (κ3) is 3.32. The van der Waals surface area contributed by atoms with Crippen LogP contribution in [0.4, 0.5) is 0 Å². The van der Waals surface area contributed by atoms with Crippen LogP contribution in [-0.2, 0) is 16.4 Å². The molecular formula is C16H12N5O2S. The largest absolute Gasteiger partial charge is 0.265 e. The molecule has 0 unspecified atom stereocenters. The third-order valence-corrected chi connectivity index (χ3v) is 4.34. The van der Waals surface area contributed by atoms with Gasteiger partial charge in [-0.15, -0.1) is 0 Å². The Hall–Kier alpha value is -3.02. The summed E-state index contributed by atoms with van der Waals surface area (Å²) >= 11 is 0. The van der Waals surface area contributed by atoms with E-state index in [-0.39, 0.29) is 4.90 Å². The Morgan fingerprint density at radius 3 is 2.42 bits per heavy atom. The number of nitriles is 1. The van der Waals surface area contributed by atoms with Gasteiger partial charge in [-0.05, 0) is 35.4 Å². The number of pyridine rings is 1. The van der Waals surface area contributed by atoms with E-state index in [1.54, 1.807) is 24.5 Å². The lowest BCUT2D eigenvalue weighted by atomic mass is 10.0. The Kier molecular flexibility index (Phi) is 4.12. The average Bonchev–Trinajstić information content (AvgIpc) is 2.98. The second-order valence-electron chi connectivity index (χ2n) is 5.05. The molecule has 119 valence electrons. The van der Waals surface area contributed by atoms with Gasteiger partial charge in [-0.2, -0.15) is 15.0 Å². The number of aromatic nitrogens is 3. The number of nitrogens with two attached hydrogens (primary N) is 1. The molecular weight excluding hydrogens is 326 g/mol. The van der Waals surface area contributed by atoms with E-state index in [9.17, 15) is 8.42 Å². The quantitative estimate of drug-likeness (QED) is 0.770. The molecule has 0 aliphatic heterocycles. The second-order valence-corrected chi connectivity index (χ2v) is 6.61. The number of sulfonamides is 1. The maximum absolute atomic E-state index is 11.3. The summed E-state index contributed by atoms with van der Waals surface area (Å²) in [5.74, 6) is 0. The topological polar surface area (TPSA) is 115 Å². The van der Waals surface area contributed by atoms with Crippen LogP contribution in [0.1, 0.15) is 11.3 Å². The SMILES string of the molecule is N#Cn1[c]c(-c2ccncc2)c(Cc2ccc(S(N)(=O)=O)cc2)n1. The number of hydrogen-bond donors (Lipinski definition) is 1. The summed E-state index contributed by atoms with van der Waals surface area (Å²) in [6, 6.07) is 9.85. The molecule has 0 aliphatic carbocycles. The number of nitrogens with zero attached hydrogens (tertiary/aromatic N) is 4. The lowest BCUT2D eigenvalue weighted by Crippen LogP contribution is -2.11. The zero-order valence-corrected chi connectivity index (χ0v) is 13.2. The van der Waals surface area contributed by atoms with Crippen molar-refractivity contribution in [3.63, 3.8) is 0 Å². The van der Waals surface area contributed by atoms with Crippen molar-refractivity contribution in [2.45, 2.75) is 11.3 Å². The molecule has 2 N–H and O–H groups in total. The molecule has 2 heterocycles. The summed E-state index contributed by atoms with van der Waals surface area (Å²) in [6.07, 6.45) is 8.54. The van der Waals surface area contributed by atoms with Crippen LogP contribution in [0.3, 0.4) is 0 Å². The summed E-state index contributed by atoms with van der Waals surface area (Å²) in [4.78, 5) is 4.02. The first-order valence-electron chi connectivity index (χ1n) is 6.91. The normalized spacial score (nSPS) is 11.2. The lowest BCUT2D eigenvalue weighted by molar-refractivity contribution is 0.598. The first-order valence-corrected chi connectivity index (χ1v) is 8.45. The Bertz CT molecular complexity index is 1000. The van der Waals surface area contributed by atoms with Crippen LogP contribution < -0.4 is 5.14 Å². The van der Waals surface area contributed by atoms with Crippen molar-refractivity contribution in [1.82, 2.24) is 14.8 Å². The van der Waals surface area contributed by atoms with Gasteiger partial charge in [0.15, 0.2) is 0 Å². The van der Waals surface area contributed by atoms with Gasteiger partial charge in [-0.3, -0.25) is 4.98 Å². The first-order chi connectivity index (χ1) is 11.5. The third-order valence-electron chi connectivity index (χ3n) is 3.41. The summed E-state index contributed by atoms with van der Waals surface area (Å²) < 4.78 is 23.7. The zero-order valence-electron chi connectivity index (χ0n) is 12.4. The average molecular weight is 338 g/mol. The molecule has 3 aromatic rings. The highest BCUT2D eigenvalue weighted by Crippen LogP contribution is 2.24. The number of hydrogen-bond acceptors (Lipinski definition) is 5. The molecule has 0 saturated heterocycles. The van der Waals surface area contributed by atoms with Gasteiger partial charge in [0, 0.05) is 24.4 Å². The molecule has 8 heteroatoms. The van der Waals surface area contributed by atoms with E-state index in [1.165, 1.54) is 12.1 Å². The smallest absolute Gasteiger partial charge is 0.238 e. The van der Waals surface area contributed by atoms with Crippen LogP contribution in [0, 0.1) is 17.7 Å². The maximum Gasteiger partial charge on any atom is 0.238 e. The molecule has 0 amide bonds. The minimum atomic E-state index is -3.72. The van der Waals surface area contributed by atoms with Crippen LogP contribution in [-0.4, -0.2) is 23.2 Å². The van der Waals surface area contributed by atoms with Crippen molar-refractivity contribution in [3.8, 4) is 17.3 Å². The predicted molar refractivity (Wildman–Crippen MR) is 85.9 cm³/mol. The monoisotopic (exact) mass is 338 g/mol. The van der Waals surface area contributed by atoms with Crippen molar-refractivity contribution in [3.05, 3.63) is 66.2 Å². The fourth-order valence-corrected chi connectivity index (χ4v) is 2.79. The minimum Gasteiger partial charge on any atom is -0.265 e. The van der Waals surface area contributed by atoms with Gasteiger partial charge in [0.05, 0.1) is 10.6 Å². The fraction of sp³-hybridized carbons (Fsp3) is 0.0625. The van der Waals surface area contributed by atoms with E-state index in [0.717, 1.165) is 15.8 Å². The van der Waals surface area contributed by atoms with E-state index in [1.807, 2.05) is 18.3 Å². The van der Waals surface area contributed by atoms with Crippen LogP contribution in [0.15, 0.2) is 53.7 Å². The fourth-order valence-electron chi connectivity index (χ4n) is 2.28. The van der Waals surface area contributed by atoms with E-state index in [0.29, 0.717) is 17.7 Å². The van der Waals surface area contributed by atoms with Gasteiger partial charge in [0.2, 0.25) is 16.2 Å². The lowest BCUT2D eigenvalue weighted by Gasteiger charge is -2.04. The van der Waals surface area contributed by atoms with Gasteiger partial charge in [-0.25, -0.2) is 13.6 Å². The summed E-state index contributed by atoms with van der Waals surface area (Å²) in [7, 11) is -3.72. The molecule has 24 heavy (non-hydrogen) atoms. The zero-order chi connectivity index (χ0) is 17.2. The van der Waals surface area contributed by atoms with E-state index in [2.05, 4.69) is 16.3 Å². The Balaban J connectivity index is 1.96. The highest BCUT2D eigenvalue weighted by Gasteiger charge is 2.13. The number of rotatable bonds is 4. The minimum absolute atomic E-state index is 0.0507. The second kappa shape index (κ2) is 6.23. The molecule has 2 aromatic heterocycles. The molecule has 0 spiro atoms. The van der Waals surface area contributed by atoms with Crippen molar-refractivity contribution in [2.24, 2.45) is 5.14 Å². The summed E-state index contributed by atoms with van der Waals surface area (Å²) in [6.45, 7) is 0. The number of primary sulfonamides is 1. The van der Waals surface area contributed by atoms with Gasteiger partial charge < -0.3 is 0 Å². The summed E-state index contributed by atoms with van der Waals surface area (Å²) in [5, 5.41) is 18.3. The van der Waals surface area contributed by atoms with E-state index >= 15 is 0 Å². The highest BCUT2D eigenvalue weighted by molar-refractivity contribution is 7.89. The van der Waals surface area contributed by atoms with E-state index in [4.69, 9.17) is 10.4 Å². The van der Waals surface area contributed by atoms with Gasteiger partial charge in [0.25, 0.3) is 0 Å². The molecule has 0 bridgehead atoms. The highest BCUT2D eigenvalue weighted by atomic mass is 32.2. The molecule has 0 fully saturated rings. The molecule has 7 nitrogen and oxygen atoms in total. The maximum atomic E-state index is 11.3. The van der Waals surface area contributed by atoms with Crippen molar-refractivity contribution >= 4 is 10.0 Å². The Labute approximate surface area is 139 Å². The van der Waals surface area contributed by atoms with Crippen LogP contribution in [0.25, 0.3) is 11.1 Å². The van der Waals surface area contributed by atoms with Gasteiger partial charge in [0.1, 0.15) is 6.20 Å². The van der Waals surface area contributed by atoms with E-state index < -0.39 is 10.0 Å². The molecule has 3 rings (SSSR count). The molecule has 0 saturated carbocycles. The predicted octanol–water partition coefficient (Wildman–Crippen LogP) is 1.31. The summed E-state index contributed by atoms with van der Waals surface area (Å²) in [5.41, 5.74) is 3.05. The van der Waals surface area contributed by atoms with Crippen LogP contribution in [0.5, 0.6) is 0 Å². The van der Waals surface area contributed by atoms with Crippen molar-refractivity contribution in [2.75, 3.05) is 0 Å². The molecule has 0 aliphatic rings. The van der Waals surface area contributed by atoms with Crippen molar-refractivity contribution in [1.29, 1.82) is 5.26 Å². The standard InChI is InChI=1S/C16H12N5O2S/c17-11-21-10-15(13-5-7-19-8-6-13)16(20-21)9-12-1-3-14(4-2-12)24(18,22)23/h1-8H,9H2,(H2,18,22,23). The first kappa shape index (κ1) is 15.9. The van der Waals surface area contributed by atoms with Crippen LogP contribution >= 0.6 is 0 Å². The number of benzene rings is 1. The molecule has 1 radical (unpaired) electrons. The Morgan fingerprint density at radius 1 is 1.17 bits per heavy atom. The van der Waals surface area contributed by atoms with Crippen LogP contribution in [0.2, 0.25) is 0 Å². The van der Waals surface area contributed by atoms with Gasteiger partial charge in [-0.1, -0.05) is 12.1 Å². The molecule has 1 aromatic carbocycles.